The van der Waals surface area contributed by atoms with Gasteiger partial charge in [-0.1, -0.05) is 19.1 Å². The third kappa shape index (κ3) is 1.35. The fraction of sp³-hybridized carbons (Fsp3) is 0.364. The largest absolute Gasteiger partial charge is 0.492 e. The van der Waals surface area contributed by atoms with Crippen LogP contribution in [-0.2, 0) is 0 Å². The zero-order chi connectivity index (χ0) is 10.1. The first-order valence-electron chi connectivity index (χ1n) is 4.69. The van der Waals surface area contributed by atoms with Crippen LogP contribution in [0.25, 0.3) is 0 Å². The van der Waals surface area contributed by atoms with E-state index < -0.39 is 5.97 Å². The van der Waals surface area contributed by atoms with Gasteiger partial charge in [-0.2, -0.15) is 0 Å². The Balaban J connectivity index is 2.55. The van der Waals surface area contributed by atoms with Gasteiger partial charge in [0.1, 0.15) is 11.3 Å². The number of carboxylic acids is 1. The van der Waals surface area contributed by atoms with Crippen LogP contribution in [0.5, 0.6) is 5.75 Å². The second-order valence-electron chi connectivity index (χ2n) is 3.57. The molecule has 0 bridgehead atoms. The van der Waals surface area contributed by atoms with Gasteiger partial charge in [-0.3, -0.25) is 0 Å². The molecule has 1 heterocycles. The molecule has 2 rings (SSSR count). The summed E-state index contributed by atoms with van der Waals surface area (Å²) in [7, 11) is 0. The second kappa shape index (κ2) is 3.33. The standard InChI is InChI=1S/C11H12O3/c1-7-5-6-14-10-8(7)3-2-4-9(10)11(12)13/h2-4,7H,5-6H2,1H3,(H,12,13). The van der Waals surface area contributed by atoms with Gasteiger partial charge in [0.25, 0.3) is 0 Å². The fourth-order valence-corrected chi connectivity index (χ4v) is 1.77. The van der Waals surface area contributed by atoms with E-state index in [1.54, 1.807) is 12.1 Å². The lowest BCUT2D eigenvalue weighted by Crippen LogP contribution is -2.15. The lowest BCUT2D eigenvalue weighted by atomic mass is 9.93. The number of para-hydroxylation sites is 1. The minimum Gasteiger partial charge on any atom is -0.492 e. The van der Waals surface area contributed by atoms with E-state index in [9.17, 15) is 4.79 Å². The maximum atomic E-state index is 10.9. The molecule has 0 amide bonds. The van der Waals surface area contributed by atoms with E-state index in [0.29, 0.717) is 18.3 Å². The first-order valence-corrected chi connectivity index (χ1v) is 4.69. The third-order valence-corrected chi connectivity index (χ3v) is 2.60. The van der Waals surface area contributed by atoms with Gasteiger partial charge in [-0.25, -0.2) is 4.79 Å². The summed E-state index contributed by atoms with van der Waals surface area (Å²) in [5, 5.41) is 8.95. The van der Waals surface area contributed by atoms with E-state index in [2.05, 4.69) is 6.92 Å². The highest BCUT2D eigenvalue weighted by molar-refractivity contribution is 5.91. The Labute approximate surface area is 82.3 Å². The van der Waals surface area contributed by atoms with Gasteiger partial charge in [0, 0.05) is 0 Å². The average molecular weight is 192 g/mol. The Kier molecular flexibility index (Phi) is 2.15. The number of hydrogen-bond acceptors (Lipinski definition) is 2. The molecule has 0 fully saturated rings. The molecule has 0 spiro atoms. The van der Waals surface area contributed by atoms with Crippen molar-refractivity contribution in [2.45, 2.75) is 19.3 Å². The Morgan fingerprint density at radius 2 is 2.36 bits per heavy atom. The van der Waals surface area contributed by atoms with Crippen molar-refractivity contribution in [1.82, 2.24) is 0 Å². The van der Waals surface area contributed by atoms with Crippen molar-refractivity contribution < 1.29 is 14.6 Å². The van der Waals surface area contributed by atoms with Crippen molar-refractivity contribution in [3.05, 3.63) is 29.3 Å². The Morgan fingerprint density at radius 3 is 3.07 bits per heavy atom. The van der Waals surface area contributed by atoms with Gasteiger partial charge in [0.15, 0.2) is 0 Å². The Hall–Kier alpha value is -1.51. The summed E-state index contributed by atoms with van der Waals surface area (Å²) >= 11 is 0. The van der Waals surface area contributed by atoms with Crippen LogP contribution in [0.4, 0.5) is 0 Å². The molecule has 3 heteroatoms. The fourth-order valence-electron chi connectivity index (χ4n) is 1.77. The highest BCUT2D eigenvalue weighted by Gasteiger charge is 2.22. The van der Waals surface area contributed by atoms with Crippen molar-refractivity contribution >= 4 is 5.97 Å². The molecule has 1 aliphatic heterocycles. The summed E-state index contributed by atoms with van der Waals surface area (Å²) in [4.78, 5) is 10.9. The highest BCUT2D eigenvalue weighted by Crippen LogP contribution is 2.35. The first kappa shape index (κ1) is 9.06. The van der Waals surface area contributed by atoms with Crippen LogP contribution in [-0.4, -0.2) is 17.7 Å². The lowest BCUT2D eigenvalue weighted by molar-refractivity contribution is 0.0691. The zero-order valence-electron chi connectivity index (χ0n) is 7.99. The van der Waals surface area contributed by atoms with Gasteiger partial charge in [0.2, 0.25) is 0 Å². The number of carbonyl (C=O) groups is 1. The summed E-state index contributed by atoms with van der Waals surface area (Å²) in [6.07, 6.45) is 0.954. The van der Waals surface area contributed by atoms with E-state index in [4.69, 9.17) is 9.84 Å². The van der Waals surface area contributed by atoms with Crippen molar-refractivity contribution in [2.75, 3.05) is 6.61 Å². The summed E-state index contributed by atoms with van der Waals surface area (Å²) < 4.78 is 5.41. The number of rotatable bonds is 1. The van der Waals surface area contributed by atoms with Gasteiger partial charge in [-0.05, 0) is 24.0 Å². The molecule has 1 unspecified atom stereocenters. The second-order valence-corrected chi connectivity index (χ2v) is 3.57. The van der Waals surface area contributed by atoms with E-state index in [-0.39, 0.29) is 5.56 Å². The molecule has 0 saturated carbocycles. The smallest absolute Gasteiger partial charge is 0.339 e. The van der Waals surface area contributed by atoms with Crippen molar-refractivity contribution in [3.63, 3.8) is 0 Å². The molecule has 14 heavy (non-hydrogen) atoms. The monoisotopic (exact) mass is 192 g/mol. The number of benzene rings is 1. The normalized spacial score (nSPS) is 19.6. The predicted molar refractivity (Wildman–Crippen MR) is 51.9 cm³/mol. The van der Waals surface area contributed by atoms with Crippen molar-refractivity contribution in [3.8, 4) is 5.75 Å². The minimum absolute atomic E-state index is 0.272. The number of fused-ring (bicyclic) bond motifs is 1. The van der Waals surface area contributed by atoms with E-state index in [1.165, 1.54) is 0 Å². The molecule has 0 aliphatic carbocycles. The first-order chi connectivity index (χ1) is 6.70. The molecular weight excluding hydrogens is 180 g/mol. The van der Waals surface area contributed by atoms with Gasteiger partial charge >= 0.3 is 5.97 Å². The molecular formula is C11H12O3. The molecule has 74 valence electrons. The molecule has 1 atom stereocenters. The summed E-state index contributed by atoms with van der Waals surface area (Å²) in [5.41, 5.74) is 1.28. The summed E-state index contributed by atoms with van der Waals surface area (Å²) in [5.74, 6) is 0.0211. The average Bonchev–Trinajstić information content (AvgIpc) is 2.17. The van der Waals surface area contributed by atoms with Crippen LogP contribution in [0.3, 0.4) is 0 Å². The number of carboxylic acid groups (broad SMARTS) is 1. The highest BCUT2D eigenvalue weighted by atomic mass is 16.5. The topological polar surface area (TPSA) is 46.5 Å². The molecule has 1 aliphatic rings. The van der Waals surface area contributed by atoms with Gasteiger partial charge in [-0.15, -0.1) is 0 Å². The maximum Gasteiger partial charge on any atom is 0.339 e. The zero-order valence-corrected chi connectivity index (χ0v) is 7.99. The summed E-state index contributed by atoms with van der Waals surface area (Å²) in [6, 6.07) is 5.29. The molecule has 1 aromatic carbocycles. The Bertz CT molecular complexity index is 371. The molecule has 1 N–H and O–H groups in total. The third-order valence-electron chi connectivity index (χ3n) is 2.60. The van der Waals surface area contributed by atoms with Crippen LogP contribution in [0.15, 0.2) is 18.2 Å². The quantitative estimate of drug-likeness (QED) is 0.742. The molecule has 0 aromatic heterocycles. The molecule has 1 aromatic rings. The van der Waals surface area contributed by atoms with Crippen molar-refractivity contribution in [2.24, 2.45) is 0 Å². The van der Waals surface area contributed by atoms with E-state index >= 15 is 0 Å². The van der Waals surface area contributed by atoms with Crippen molar-refractivity contribution in [1.29, 1.82) is 0 Å². The van der Waals surface area contributed by atoms with Crippen LogP contribution >= 0.6 is 0 Å². The van der Waals surface area contributed by atoms with Crippen LogP contribution in [0, 0.1) is 0 Å². The predicted octanol–water partition coefficient (Wildman–Crippen LogP) is 2.27. The lowest BCUT2D eigenvalue weighted by Gasteiger charge is -2.23. The molecule has 0 saturated heterocycles. The van der Waals surface area contributed by atoms with E-state index in [1.807, 2.05) is 6.07 Å². The van der Waals surface area contributed by atoms with E-state index in [0.717, 1.165) is 12.0 Å². The molecule has 0 radical (unpaired) electrons. The SMILES string of the molecule is CC1CCOc2c(C(=O)O)cccc21. The Morgan fingerprint density at radius 1 is 1.57 bits per heavy atom. The van der Waals surface area contributed by atoms with Gasteiger partial charge in [0.05, 0.1) is 6.61 Å². The molecule has 3 nitrogen and oxygen atoms in total. The van der Waals surface area contributed by atoms with Crippen LogP contribution in [0.1, 0.15) is 35.2 Å². The maximum absolute atomic E-state index is 10.9. The van der Waals surface area contributed by atoms with Crippen LogP contribution < -0.4 is 4.74 Å². The summed E-state index contributed by atoms with van der Waals surface area (Å²) in [6.45, 7) is 2.70. The van der Waals surface area contributed by atoms with Crippen LogP contribution in [0.2, 0.25) is 0 Å². The van der Waals surface area contributed by atoms with Gasteiger partial charge < -0.3 is 9.84 Å². The number of aromatic carboxylic acids is 1. The number of ether oxygens (including phenoxy) is 1. The minimum atomic E-state index is -0.920. The number of hydrogen-bond donors (Lipinski definition) is 1.